The lowest BCUT2D eigenvalue weighted by atomic mass is 10.1. The summed E-state index contributed by atoms with van der Waals surface area (Å²) in [6.07, 6.45) is 2.69. The third-order valence-electron chi connectivity index (χ3n) is 5.00. The molecular weight excluding hydrogens is 392 g/mol. The van der Waals surface area contributed by atoms with Gasteiger partial charge in [0.1, 0.15) is 0 Å². The van der Waals surface area contributed by atoms with Crippen molar-refractivity contribution in [3.8, 4) is 0 Å². The quantitative estimate of drug-likeness (QED) is 0.760. The smallest absolute Gasteiger partial charge is 0.173 e. The predicted octanol–water partition coefficient (Wildman–Crippen LogP) is 3.32. The van der Waals surface area contributed by atoms with E-state index in [-0.39, 0.29) is 23.7 Å². The Hall–Kier alpha value is -0.890. The highest BCUT2D eigenvalue weighted by Gasteiger charge is 2.35. The Morgan fingerprint density at radius 2 is 2.15 bits per heavy atom. The second-order valence-electron chi connectivity index (χ2n) is 7.21. The van der Waals surface area contributed by atoms with Crippen LogP contribution in [-0.2, 0) is 14.6 Å². The number of nitrogens with zero attached hydrogens (tertiary/aromatic N) is 1. The topological polar surface area (TPSA) is 58.6 Å². The second kappa shape index (κ2) is 8.00. The summed E-state index contributed by atoms with van der Waals surface area (Å²) in [5.74, 6) is 0.356. The van der Waals surface area contributed by atoms with E-state index in [1.165, 1.54) is 0 Å². The Kier molecular flexibility index (Phi) is 6.11. The molecular formula is C18H25ClN2O3S2. The molecule has 0 aliphatic carbocycles. The van der Waals surface area contributed by atoms with Crippen LogP contribution in [0.5, 0.6) is 0 Å². The maximum absolute atomic E-state index is 12.0. The first-order valence-corrected chi connectivity index (χ1v) is 11.5. The van der Waals surface area contributed by atoms with Crippen molar-refractivity contribution < 1.29 is 13.2 Å². The van der Waals surface area contributed by atoms with Gasteiger partial charge in [0.25, 0.3) is 0 Å². The van der Waals surface area contributed by atoms with Crippen LogP contribution in [0.2, 0.25) is 5.02 Å². The third kappa shape index (κ3) is 4.68. The van der Waals surface area contributed by atoms with Gasteiger partial charge in [-0.3, -0.25) is 0 Å². The monoisotopic (exact) mass is 416 g/mol. The summed E-state index contributed by atoms with van der Waals surface area (Å²) in [7, 11) is -3.00. The Labute approximate surface area is 166 Å². The number of hydrogen-bond donors (Lipinski definition) is 1. The molecule has 1 aromatic carbocycles. The fourth-order valence-electron chi connectivity index (χ4n) is 3.68. The van der Waals surface area contributed by atoms with Crippen molar-refractivity contribution in [3.63, 3.8) is 0 Å². The Bertz CT molecular complexity index is 769. The molecule has 3 rings (SSSR count). The molecule has 0 spiro atoms. The first-order valence-electron chi connectivity index (χ1n) is 8.91. The fourth-order valence-corrected chi connectivity index (χ4v) is 6.10. The predicted molar refractivity (Wildman–Crippen MR) is 110 cm³/mol. The van der Waals surface area contributed by atoms with Crippen molar-refractivity contribution >= 4 is 44.5 Å². The molecule has 26 heavy (non-hydrogen) atoms. The van der Waals surface area contributed by atoms with Gasteiger partial charge in [-0.2, -0.15) is 0 Å². The first kappa shape index (κ1) is 19.9. The number of anilines is 1. The molecule has 0 saturated carbocycles. The summed E-state index contributed by atoms with van der Waals surface area (Å²) in [6, 6.07) is 3.82. The molecule has 2 heterocycles. The van der Waals surface area contributed by atoms with Gasteiger partial charge in [0, 0.05) is 19.2 Å². The average Bonchev–Trinajstić information content (AvgIpc) is 3.17. The van der Waals surface area contributed by atoms with Gasteiger partial charge in [-0.15, -0.1) is 0 Å². The molecule has 8 heteroatoms. The lowest BCUT2D eigenvalue weighted by Gasteiger charge is -2.33. The van der Waals surface area contributed by atoms with Gasteiger partial charge in [0.05, 0.1) is 28.3 Å². The molecule has 2 atom stereocenters. The van der Waals surface area contributed by atoms with E-state index < -0.39 is 9.84 Å². The maximum Gasteiger partial charge on any atom is 0.173 e. The molecule has 0 radical (unpaired) electrons. The van der Waals surface area contributed by atoms with Crippen LogP contribution < -0.4 is 5.32 Å². The molecule has 0 aromatic heterocycles. The van der Waals surface area contributed by atoms with Crippen molar-refractivity contribution in [3.05, 3.63) is 28.3 Å². The Morgan fingerprint density at radius 3 is 2.73 bits per heavy atom. The van der Waals surface area contributed by atoms with Crippen LogP contribution in [0.3, 0.4) is 0 Å². The first-order chi connectivity index (χ1) is 12.2. The molecule has 5 nitrogen and oxygen atoms in total. The van der Waals surface area contributed by atoms with E-state index in [9.17, 15) is 8.42 Å². The Balaban J connectivity index is 1.80. The van der Waals surface area contributed by atoms with Crippen LogP contribution in [0.4, 0.5) is 5.69 Å². The third-order valence-corrected chi connectivity index (χ3v) is 7.38. The molecule has 0 bridgehead atoms. The van der Waals surface area contributed by atoms with Crippen LogP contribution in [-0.4, -0.2) is 55.2 Å². The number of benzene rings is 1. The summed E-state index contributed by atoms with van der Waals surface area (Å²) < 4.78 is 29.7. The molecule has 0 amide bonds. The van der Waals surface area contributed by atoms with Crippen molar-refractivity contribution in [2.75, 3.05) is 30.0 Å². The minimum absolute atomic E-state index is 0.0904. The van der Waals surface area contributed by atoms with Gasteiger partial charge in [-0.05, 0) is 62.5 Å². The zero-order valence-corrected chi connectivity index (χ0v) is 17.5. The average molecular weight is 417 g/mol. The van der Waals surface area contributed by atoms with Crippen molar-refractivity contribution in [1.29, 1.82) is 0 Å². The van der Waals surface area contributed by atoms with Gasteiger partial charge in [-0.25, -0.2) is 8.42 Å². The highest BCUT2D eigenvalue weighted by atomic mass is 35.5. The van der Waals surface area contributed by atoms with Crippen molar-refractivity contribution in [1.82, 2.24) is 4.90 Å². The molecule has 2 saturated heterocycles. The molecule has 2 aliphatic rings. The standard InChI is InChI=1S/C18H25ClN2O3S2/c1-12-8-13(2)17(16(19)9-12)20-18(25)21(10-15-4-3-6-24-15)14-5-7-26(22,23)11-14/h8-9,14-15H,3-7,10-11H2,1-2H3,(H,20,25)/t14-,15-/m0/s1. The van der Waals surface area contributed by atoms with Gasteiger partial charge in [0.2, 0.25) is 0 Å². The zero-order valence-electron chi connectivity index (χ0n) is 15.1. The lowest BCUT2D eigenvalue weighted by molar-refractivity contribution is 0.0851. The number of nitrogens with one attached hydrogen (secondary N) is 1. The van der Waals surface area contributed by atoms with Crippen LogP contribution >= 0.6 is 23.8 Å². The number of sulfone groups is 1. The molecule has 2 fully saturated rings. The molecule has 0 unspecified atom stereocenters. The summed E-state index contributed by atoms with van der Waals surface area (Å²) in [5, 5.41) is 4.38. The van der Waals surface area contributed by atoms with Crippen LogP contribution in [0.1, 0.15) is 30.4 Å². The molecule has 144 valence electrons. The fraction of sp³-hybridized carbons (Fsp3) is 0.611. The van der Waals surface area contributed by atoms with Gasteiger partial charge >= 0.3 is 0 Å². The zero-order chi connectivity index (χ0) is 18.9. The van der Waals surface area contributed by atoms with E-state index >= 15 is 0 Å². The molecule has 1 N–H and O–H groups in total. The van der Waals surface area contributed by atoms with Crippen LogP contribution in [0, 0.1) is 13.8 Å². The number of rotatable bonds is 4. The highest BCUT2D eigenvalue weighted by molar-refractivity contribution is 7.91. The van der Waals surface area contributed by atoms with E-state index in [4.69, 9.17) is 28.6 Å². The maximum atomic E-state index is 12.0. The largest absolute Gasteiger partial charge is 0.376 e. The van der Waals surface area contributed by atoms with Gasteiger partial charge < -0.3 is 15.0 Å². The summed E-state index contributed by atoms with van der Waals surface area (Å²) in [4.78, 5) is 1.99. The molecule has 1 aromatic rings. The Morgan fingerprint density at radius 1 is 1.38 bits per heavy atom. The van der Waals surface area contributed by atoms with Gasteiger partial charge in [0.15, 0.2) is 14.9 Å². The van der Waals surface area contributed by atoms with Crippen LogP contribution in [0.25, 0.3) is 0 Å². The highest BCUT2D eigenvalue weighted by Crippen LogP contribution is 2.29. The lowest BCUT2D eigenvalue weighted by Crippen LogP contribution is -2.47. The number of halogens is 1. The summed E-state index contributed by atoms with van der Waals surface area (Å²) >= 11 is 12.1. The normalized spacial score (nSPS) is 24.6. The number of thiocarbonyl (C=S) groups is 1. The van der Waals surface area contributed by atoms with E-state index in [0.717, 1.165) is 36.3 Å². The number of ether oxygens (including phenoxy) is 1. The van der Waals surface area contributed by atoms with E-state index in [1.54, 1.807) is 0 Å². The number of hydrogen-bond acceptors (Lipinski definition) is 4. The summed E-state index contributed by atoms with van der Waals surface area (Å²) in [5.41, 5.74) is 2.87. The van der Waals surface area contributed by atoms with Gasteiger partial charge in [-0.1, -0.05) is 17.7 Å². The second-order valence-corrected chi connectivity index (χ2v) is 10.2. The van der Waals surface area contributed by atoms with Crippen molar-refractivity contribution in [2.24, 2.45) is 0 Å². The SMILES string of the molecule is Cc1cc(C)c(NC(=S)N(C[C@@H]2CCCO2)[C@H]2CCS(=O)(=O)C2)c(Cl)c1. The minimum atomic E-state index is -3.00. The van der Waals surface area contributed by atoms with E-state index in [0.29, 0.717) is 23.1 Å². The van der Waals surface area contributed by atoms with Crippen LogP contribution in [0.15, 0.2) is 12.1 Å². The summed E-state index contributed by atoms with van der Waals surface area (Å²) in [6.45, 7) is 5.33. The van der Waals surface area contributed by atoms with Crippen molar-refractivity contribution in [2.45, 2.75) is 45.3 Å². The van der Waals surface area contributed by atoms with E-state index in [1.807, 2.05) is 30.9 Å². The minimum Gasteiger partial charge on any atom is -0.376 e. The molecule has 2 aliphatic heterocycles. The van der Waals surface area contributed by atoms with E-state index in [2.05, 4.69) is 5.32 Å². The number of aryl methyl sites for hydroxylation is 2.